The summed E-state index contributed by atoms with van der Waals surface area (Å²) in [5.74, 6) is -0.160. The molecule has 0 radical (unpaired) electrons. The number of aromatic amines is 1. The van der Waals surface area contributed by atoms with Crippen molar-refractivity contribution in [1.29, 1.82) is 0 Å². The van der Waals surface area contributed by atoms with Gasteiger partial charge in [-0.05, 0) is 47.7 Å². The van der Waals surface area contributed by atoms with Crippen molar-refractivity contribution in [3.8, 4) is 5.88 Å². The molecule has 0 spiro atoms. The Balaban J connectivity index is 1.56. The zero-order valence-corrected chi connectivity index (χ0v) is 15.3. The van der Waals surface area contributed by atoms with Crippen LogP contribution >= 0.6 is 0 Å². The Morgan fingerprint density at radius 3 is 2.76 bits per heavy atom. The number of carbonyl (C=O) groups excluding carboxylic acids is 1. The molecule has 1 aliphatic rings. The van der Waals surface area contributed by atoms with Gasteiger partial charge in [-0.25, -0.2) is 0 Å². The van der Waals surface area contributed by atoms with Gasteiger partial charge in [0.1, 0.15) is 0 Å². The molecule has 0 atom stereocenters. The van der Waals surface area contributed by atoms with Crippen molar-refractivity contribution in [2.45, 2.75) is 0 Å². The fourth-order valence-corrected chi connectivity index (χ4v) is 3.38. The Labute approximate surface area is 165 Å². The topological polar surface area (TPSA) is 89.8 Å². The third-order valence-corrected chi connectivity index (χ3v) is 4.84. The summed E-state index contributed by atoms with van der Waals surface area (Å²) in [5.41, 5.74) is 3.39. The Kier molecular flexibility index (Phi) is 3.95. The second kappa shape index (κ2) is 6.76. The molecule has 4 aromatic rings. The van der Waals surface area contributed by atoms with Crippen LogP contribution in [0, 0.1) is 0 Å². The van der Waals surface area contributed by atoms with Gasteiger partial charge in [0, 0.05) is 32.9 Å². The molecule has 0 unspecified atom stereocenters. The van der Waals surface area contributed by atoms with Gasteiger partial charge >= 0.3 is 0 Å². The highest BCUT2D eigenvalue weighted by molar-refractivity contribution is 6.07. The summed E-state index contributed by atoms with van der Waals surface area (Å²) in [6, 6.07) is 20.4. The molecule has 1 amide bonds. The number of anilines is 1. The molecule has 0 saturated heterocycles. The van der Waals surface area contributed by atoms with E-state index in [0.717, 1.165) is 32.7 Å². The number of nitrogens with one attached hydrogen (secondary N) is 2. The Hall–Kier alpha value is -4.19. The molecule has 3 N–H and O–H groups in total. The minimum Gasteiger partial charge on any atom is -0.494 e. The molecule has 0 bridgehead atoms. The molecule has 5 rings (SSSR count). The van der Waals surface area contributed by atoms with E-state index >= 15 is 0 Å². The van der Waals surface area contributed by atoms with Crippen LogP contribution in [0.25, 0.3) is 23.2 Å². The number of aromatic nitrogens is 1. The number of amides is 1. The van der Waals surface area contributed by atoms with E-state index in [-0.39, 0.29) is 11.8 Å². The fraction of sp³-hybridized carbons (Fsp3) is 0. The summed E-state index contributed by atoms with van der Waals surface area (Å²) < 4.78 is 0. The predicted octanol–water partition coefficient (Wildman–Crippen LogP) is 3.79. The number of para-hydroxylation sites is 1. The normalized spacial score (nSPS) is 12.8. The van der Waals surface area contributed by atoms with E-state index in [1.54, 1.807) is 24.4 Å². The van der Waals surface area contributed by atoms with E-state index in [1.807, 2.05) is 54.6 Å². The first kappa shape index (κ1) is 16.9. The minimum atomic E-state index is -0.210. The van der Waals surface area contributed by atoms with Crippen LogP contribution in [0.2, 0.25) is 0 Å². The number of benzene rings is 3. The maximum absolute atomic E-state index is 12.6. The van der Waals surface area contributed by atoms with Gasteiger partial charge in [0.15, 0.2) is 5.88 Å². The monoisotopic (exact) mass is 380 g/mol. The van der Waals surface area contributed by atoms with E-state index in [4.69, 9.17) is 0 Å². The van der Waals surface area contributed by atoms with Crippen LogP contribution in [0.3, 0.4) is 0 Å². The molecule has 6 nitrogen and oxygen atoms in total. The maximum Gasteiger partial charge on any atom is 0.255 e. The van der Waals surface area contributed by atoms with Gasteiger partial charge in [0.25, 0.3) is 5.91 Å². The third kappa shape index (κ3) is 3.17. The number of azo groups is 1. The molecule has 140 valence electrons. The summed E-state index contributed by atoms with van der Waals surface area (Å²) in [5, 5.41) is 23.9. The smallest absolute Gasteiger partial charge is 0.255 e. The highest BCUT2D eigenvalue weighted by Crippen LogP contribution is 2.29. The number of hydrogen-bond acceptors (Lipinski definition) is 4. The number of nitrogens with zero attached hydrogens (tertiary/aromatic N) is 2. The number of H-pyrrole nitrogens is 1. The van der Waals surface area contributed by atoms with Gasteiger partial charge in [-0.1, -0.05) is 30.3 Å². The standard InChI is InChI=1S/C23H16N4O2/c28-22(25-17-4-2-1-3-5-17)15-8-9-20-18(12-15)19(23(29)26-20)10-14-6-7-16-13-24-27-21(16)11-14/h1-13,26,29H,(H,25,28). The highest BCUT2D eigenvalue weighted by Gasteiger charge is 2.13. The van der Waals surface area contributed by atoms with Crippen LogP contribution < -0.4 is 15.8 Å². The van der Waals surface area contributed by atoms with Crippen LogP contribution in [-0.4, -0.2) is 16.0 Å². The van der Waals surface area contributed by atoms with Crippen molar-refractivity contribution in [2.24, 2.45) is 10.2 Å². The highest BCUT2D eigenvalue weighted by atomic mass is 16.3. The number of rotatable bonds is 3. The summed E-state index contributed by atoms with van der Waals surface area (Å²) in [4.78, 5) is 15.6. The molecule has 2 heterocycles. The lowest BCUT2D eigenvalue weighted by atomic mass is 10.1. The molecule has 6 heteroatoms. The third-order valence-electron chi connectivity index (χ3n) is 4.84. The number of hydrogen-bond donors (Lipinski definition) is 3. The van der Waals surface area contributed by atoms with Gasteiger partial charge in [0.2, 0.25) is 0 Å². The van der Waals surface area contributed by atoms with Crippen LogP contribution in [0.5, 0.6) is 5.88 Å². The van der Waals surface area contributed by atoms with Crippen LogP contribution in [-0.2, 0) is 0 Å². The second-order valence-electron chi connectivity index (χ2n) is 6.77. The van der Waals surface area contributed by atoms with Gasteiger partial charge < -0.3 is 15.4 Å². The lowest BCUT2D eigenvalue weighted by Gasteiger charge is -2.05. The van der Waals surface area contributed by atoms with E-state index in [0.29, 0.717) is 11.1 Å². The first-order chi connectivity index (χ1) is 14.2. The van der Waals surface area contributed by atoms with E-state index in [9.17, 15) is 9.90 Å². The zero-order valence-electron chi connectivity index (χ0n) is 15.3. The van der Waals surface area contributed by atoms with Crippen molar-refractivity contribution in [3.05, 3.63) is 88.3 Å². The van der Waals surface area contributed by atoms with Crippen molar-refractivity contribution in [3.63, 3.8) is 0 Å². The average Bonchev–Trinajstić information content (AvgIpc) is 3.32. The van der Waals surface area contributed by atoms with Crippen LogP contribution in [0.4, 0.5) is 11.4 Å². The van der Waals surface area contributed by atoms with Crippen LogP contribution in [0.15, 0.2) is 77.0 Å². The Bertz CT molecular complexity index is 1400. The van der Waals surface area contributed by atoms with Crippen molar-refractivity contribution >= 4 is 40.5 Å². The molecule has 29 heavy (non-hydrogen) atoms. The minimum absolute atomic E-state index is 0.0503. The van der Waals surface area contributed by atoms with E-state index in [1.165, 1.54) is 0 Å². The maximum atomic E-state index is 12.6. The molecule has 1 aliphatic heterocycles. The van der Waals surface area contributed by atoms with Crippen molar-refractivity contribution in [1.82, 2.24) is 4.98 Å². The SMILES string of the molecule is O=C(Nc1ccccc1)c1ccc2[nH]c(O)c(C=c3ccc4c(c3)N=NC=4)c2c1. The largest absolute Gasteiger partial charge is 0.494 e. The molecule has 0 fully saturated rings. The molecular weight excluding hydrogens is 364 g/mol. The van der Waals surface area contributed by atoms with Gasteiger partial charge in [-0.15, -0.1) is 0 Å². The fourth-order valence-electron chi connectivity index (χ4n) is 3.38. The molecule has 0 saturated carbocycles. The van der Waals surface area contributed by atoms with Crippen molar-refractivity contribution in [2.75, 3.05) is 5.32 Å². The Morgan fingerprint density at radius 2 is 1.90 bits per heavy atom. The summed E-state index contributed by atoms with van der Waals surface area (Å²) in [6.45, 7) is 0. The predicted molar refractivity (Wildman–Crippen MR) is 113 cm³/mol. The molecular formula is C23H16N4O2. The molecule has 1 aromatic heterocycles. The van der Waals surface area contributed by atoms with Gasteiger partial charge in [-0.3, -0.25) is 4.79 Å². The quantitative estimate of drug-likeness (QED) is 0.505. The first-order valence-electron chi connectivity index (χ1n) is 9.11. The second-order valence-corrected chi connectivity index (χ2v) is 6.77. The summed E-state index contributed by atoms with van der Waals surface area (Å²) in [6.07, 6.45) is 3.57. The number of carbonyl (C=O) groups is 1. The number of fused-ring (bicyclic) bond motifs is 2. The lowest BCUT2D eigenvalue weighted by Crippen LogP contribution is -2.11. The van der Waals surface area contributed by atoms with Crippen molar-refractivity contribution < 1.29 is 9.90 Å². The van der Waals surface area contributed by atoms with E-state index in [2.05, 4.69) is 20.5 Å². The van der Waals surface area contributed by atoms with E-state index < -0.39 is 0 Å². The Morgan fingerprint density at radius 1 is 1.03 bits per heavy atom. The summed E-state index contributed by atoms with van der Waals surface area (Å²) in [7, 11) is 0. The average molecular weight is 380 g/mol. The molecule has 0 aliphatic carbocycles. The number of aromatic hydroxyl groups is 1. The summed E-state index contributed by atoms with van der Waals surface area (Å²) >= 11 is 0. The lowest BCUT2D eigenvalue weighted by molar-refractivity contribution is 0.102. The van der Waals surface area contributed by atoms with Gasteiger partial charge in [0.05, 0.1) is 11.9 Å². The van der Waals surface area contributed by atoms with Crippen LogP contribution in [0.1, 0.15) is 15.9 Å². The van der Waals surface area contributed by atoms with Gasteiger partial charge in [-0.2, -0.15) is 10.2 Å². The zero-order chi connectivity index (χ0) is 19.8. The molecule has 3 aromatic carbocycles. The first-order valence-corrected chi connectivity index (χ1v) is 9.11.